The number of aromatic nitrogens is 1. The number of benzene rings is 3. The van der Waals surface area contributed by atoms with Crippen LogP contribution in [0.2, 0.25) is 0 Å². The Morgan fingerprint density at radius 1 is 0.921 bits per heavy atom. The number of hydrogen-bond donors (Lipinski definition) is 3. The highest BCUT2D eigenvalue weighted by atomic mass is 16.5. The monoisotopic (exact) mass is 515 g/mol. The minimum Gasteiger partial charge on any atom is -0.497 e. The fourth-order valence-corrected chi connectivity index (χ4v) is 4.43. The van der Waals surface area contributed by atoms with Crippen LogP contribution in [0.3, 0.4) is 0 Å². The summed E-state index contributed by atoms with van der Waals surface area (Å²) in [7, 11) is 3.19. The zero-order valence-corrected chi connectivity index (χ0v) is 21.6. The number of nitrogens with two attached hydrogens (primary N) is 1. The van der Waals surface area contributed by atoms with E-state index in [9.17, 15) is 9.59 Å². The number of aryl methyl sites for hydroxylation is 1. The lowest BCUT2D eigenvalue weighted by Gasteiger charge is -2.23. The smallest absolute Gasteiger partial charge is 0.220 e. The molecule has 0 aliphatic rings. The quantitative estimate of drug-likeness (QED) is 0.246. The molecule has 0 radical (unpaired) electrons. The first-order chi connectivity index (χ1) is 18.5. The number of ketones is 1. The van der Waals surface area contributed by atoms with Crippen LogP contribution in [-0.4, -0.2) is 44.0 Å². The van der Waals surface area contributed by atoms with Crippen molar-refractivity contribution in [1.82, 2.24) is 10.3 Å². The van der Waals surface area contributed by atoms with Gasteiger partial charge in [0.2, 0.25) is 5.91 Å². The Morgan fingerprint density at radius 3 is 2.39 bits per heavy atom. The maximum absolute atomic E-state index is 13.4. The number of aromatic amines is 1. The first kappa shape index (κ1) is 26.8. The van der Waals surface area contributed by atoms with Crippen molar-refractivity contribution in [3.05, 3.63) is 90.1 Å². The Kier molecular flexibility index (Phi) is 9.00. The number of Topliss-reactive ketones (excluding diaryl/α,β-unsaturated/α-hetero) is 1. The SMILES string of the molecule is COc1ccc(OCC(=O)C(CNC(=O)CCc2ccccc2OC)C(N)c2c[nH]c3ccccc23)cc1. The molecule has 0 saturated carbocycles. The number of amides is 1. The summed E-state index contributed by atoms with van der Waals surface area (Å²) in [5, 5.41) is 3.85. The molecule has 2 atom stereocenters. The molecular weight excluding hydrogens is 482 g/mol. The lowest BCUT2D eigenvalue weighted by molar-refractivity contribution is -0.126. The maximum Gasteiger partial charge on any atom is 0.220 e. The summed E-state index contributed by atoms with van der Waals surface area (Å²) in [5.74, 6) is 0.908. The van der Waals surface area contributed by atoms with Crippen molar-refractivity contribution < 1.29 is 23.8 Å². The summed E-state index contributed by atoms with van der Waals surface area (Å²) in [6.07, 6.45) is 2.60. The Balaban J connectivity index is 1.45. The zero-order valence-electron chi connectivity index (χ0n) is 21.6. The lowest BCUT2D eigenvalue weighted by atomic mass is 9.90. The standard InChI is InChI=1S/C30H33N3O5/c1-36-21-12-14-22(15-13-21)38-19-27(34)25(30(31)24-17-32-26-9-5-4-8-23(24)26)18-33-29(35)16-11-20-7-3-6-10-28(20)37-2/h3-10,12-15,17,25,30,32H,11,16,18-19,31H2,1-2H3,(H,33,35). The molecule has 4 aromatic rings. The minimum absolute atomic E-state index is 0.0935. The second-order valence-electron chi connectivity index (χ2n) is 8.97. The first-order valence-electron chi connectivity index (χ1n) is 12.5. The maximum atomic E-state index is 13.4. The van der Waals surface area contributed by atoms with Gasteiger partial charge < -0.3 is 30.2 Å². The van der Waals surface area contributed by atoms with Crippen molar-refractivity contribution in [2.24, 2.45) is 11.7 Å². The molecule has 8 nitrogen and oxygen atoms in total. The number of carbonyl (C=O) groups excluding carboxylic acids is 2. The normalized spacial score (nSPS) is 12.5. The van der Waals surface area contributed by atoms with Crippen LogP contribution in [0.15, 0.2) is 79.0 Å². The fourth-order valence-electron chi connectivity index (χ4n) is 4.43. The van der Waals surface area contributed by atoms with Gasteiger partial charge in [0.25, 0.3) is 0 Å². The van der Waals surface area contributed by atoms with Crippen molar-refractivity contribution in [3.63, 3.8) is 0 Å². The van der Waals surface area contributed by atoms with Gasteiger partial charge >= 0.3 is 0 Å². The summed E-state index contributed by atoms with van der Waals surface area (Å²) < 4.78 is 16.3. The van der Waals surface area contributed by atoms with E-state index in [4.69, 9.17) is 19.9 Å². The first-order valence-corrected chi connectivity index (χ1v) is 12.5. The number of para-hydroxylation sites is 2. The molecule has 0 aliphatic heterocycles. The molecule has 0 aliphatic carbocycles. The van der Waals surface area contributed by atoms with Gasteiger partial charge in [-0.1, -0.05) is 36.4 Å². The number of methoxy groups -OCH3 is 2. The van der Waals surface area contributed by atoms with E-state index < -0.39 is 12.0 Å². The molecule has 38 heavy (non-hydrogen) atoms. The van der Waals surface area contributed by atoms with Crippen molar-refractivity contribution in [1.29, 1.82) is 0 Å². The Labute approximate surface area is 222 Å². The second kappa shape index (κ2) is 12.8. The van der Waals surface area contributed by atoms with Gasteiger partial charge in [0.15, 0.2) is 5.78 Å². The predicted octanol–water partition coefficient (Wildman–Crippen LogP) is 4.20. The fraction of sp³-hybridized carbons (Fsp3) is 0.267. The minimum atomic E-state index is -0.692. The van der Waals surface area contributed by atoms with Crippen LogP contribution in [0.1, 0.15) is 23.6 Å². The summed E-state index contributed by atoms with van der Waals surface area (Å²) >= 11 is 0. The Morgan fingerprint density at radius 2 is 1.63 bits per heavy atom. The van der Waals surface area contributed by atoms with Crippen LogP contribution in [0.4, 0.5) is 0 Å². The zero-order chi connectivity index (χ0) is 26.9. The average Bonchev–Trinajstić information content (AvgIpc) is 3.39. The average molecular weight is 516 g/mol. The van der Waals surface area contributed by atoms with E-state index in [1.165, 1.54) is 0 Å². The number of hydrogen-bond acceptors (Lipinski definition) is 6. The molecule has 4 rings (SSSR count). The van der Waals surface area contributed by atoms with Crippen molar-refractivity contribution >= 4 is 22.6 Å². The van der Waals surface area contributed by atoms with Crippen LogP contribution >= 0.6 is 0 Å². The van der Waals surface area contributed by atoms with Gasteiger partial charge in [0, 0.05) is 36.1 Å². The van der Waals surface area contributed by atoms with Crippen molar-refractivity contribution in [2.75, 3.05) is 27.4 Å². The third-order valence-electron chi connectivity index (χ3n) is 6.60. The number of rotatable bonds is 13. The van der Waals surface area contributed by atoms with Crippen molar-refractivity contribution in [3.8, 4) is 17.2 Å². The molecule has 198 valence electrons. The molecule has 2 unspecified atom stereocenters. The highest BCUT2D eigenvalue weighted by Gasteiger charge is 2.29. The Bertz CT molecular complexity index is 1370. The molecule has 1 heterocycles. The highest BCUT2D eigenvalue weighted by Crippen LogP contribution is 2.28. The van der Waals surface area contributed by atoms with Gasteiger partial charge in [0.1, 0.15) is 23.9 Å². The van der Waals surface area contributed by atoms with E-state index in [0.29, 0.717) is 17.9 Å². The van der Waals surface area contributed by atoms with Gasteiger partial charge in [0.05, 0.1) is 20.1 Å². The van der Waals surface area contributed by atoms with E-state index >= 15 is 0 Å². The van der Waals surface area contributed by atoms with Gasteiger partial charge in [-0.05, 0) is 53.9 Å². The summed E-state index contributed by atoms with van der Waals surface area (Å²) in [6.45, 7) is -0.0830. The largest absolute Gasteiger partial charge is 0.497 e. The summed E-state index contributed by atoms with van der Waals surface area (Å²) in [6, 6.07) is 21.7. The molecule has 1 aromatic heterocycles. The van der Waals surface area contributed by atoms with Crippen LogP contribution < -0.4 is 25.3 Å². The van der Waals surface area contributed by atoms with Crippen molar-refractivity contribution in [2.45, 2.75) is 18.9 Å². The number of carbonyl (C=O) groups is 2. The third kappa shape index (κ3) is 6.52. The van der Waals surface area contributed by atoms with Gasteiger partial charge in [-0.15, -0.1) is 0 Å². The van der Waals surface area contributed by atoms with E-state index in [-0.39, 0.29) is 31.3 Å². The molecule has 0 spiro atoms. The molecule has 4 N–H and O–H groups in total. The second-order valence-corrected chi connectivity index (χ2v) is 8.97. The number of ether oxygens (including phenoxy) is 3. The van der Waals surface area contributed by atoms with Crippen LogP contribution in [0.25, 0.3) is 10.9 Å². The predicted molar refractivity (Wildman–Crippen MR) is 147 cm³/mol. The van der Waals surface area contributed by atoms with E-state index in [0.717, 1.165) is 27.8 Å². The van der Waals surface area contributed by atoms with E-state index in [1.54, 1.807) is 38.5 Å². The molecule has 0 bridgehead atoms. The van der Waals surface area contributed by atoms with Gasteiger partial charge in [-0.2, -0.15) is 0 Å². The lowest BCUT2D eigenvalue weighted by Crippen LogP contribution is -2.40. The van der Waals surface area contributed by atoms with Crippen LogP contribution in [0, 0.1) is 5.92 Å². The van der Waals surface area contributed by atoms with E-state index in [1.807, 2.05) is 54.7 Å². The summed E-state index contributed by atoms with van der Waals surface area (Å²) in [5.41, 5.74) is 9.35. The third-order valence-corrected chi connectivity index (χ3v) is 6.60. The number of H-pyrrole nitrogens is 1. The van der Waals surface area contributed by atoms with Crippen LogP contribution in [0.5, 0.6) is 17.2 Å². The molecule has 8 heteroatoms. The molecule has 0 fully saturated rings. The highest BCUT2D eigenvalue weighted by molar-refractivity contribution is 5.88. The Hall–Kier alpha value is -4.30. The number of nitrogens with one attached hydrogen (secondary N) is 2. The molecule has 3 aromatic carbocycles. The molecular formula is C30H33N3O5. The molecule has 0 saturated heterocycles. The van der Waals surface area contributed by atoms with Gasteiger partial charge in [-0.3, -0.25) is 9.59 Å². The topological polar surface area (TPSA) is 116 Å². The number of fused-ring (bicyclic) bond motifs is 1. The van der Waals surface area contributed by atoms with Gasteiger partial charge in [-0.25, -0.2) is 0 Å². The van der Waals surface area contributed by atoms with Crippen LogP contribution in [-0.2, 0) is 16.0 Å². The summed E-state index contributed by atoms with van der Waals surface area (Å²) in [4.78, 5) is 29.3. The van der Waals surface area contributed by atoms with E-state index in [2.05, 4.69) is 10.3 Å². The molecule has 1 amide bonds.